The molecule has 50 heavy (non-hydrogen) atoms. The van der Waals surface area contributed by atoms with E-state index < -0.39 is 0 Å². The summed E-state index contributed by atoms with van der Waals surface area (Å²) in [7, 11) is 0. The van der Waals surface area contributed by atoms with E-state index in [2.05, 4.69) is 120 Å². The molecule has 0 unspecified atom stereocenters. The topological polar surface area (TPSA) is 55.6 Å². The molecule has 5 nitrogen and oxygen atoms in total. The van der Waals surface area contributed by atoms with E-state index in [0.717, 1.165) is 93.8 Å². The highest BCUT2D eigenvalue weighted by Crippen LogP contribution is 2.46. The minimum atomic E-state index is 0.576. The largest absolute Gasteiger partial charge is 0.456 e. The number of fused-ring (bicyclic) bond motifs is 10. The lowest BCUT2D eigenvalue weighted by Crippen LogP contribution is -2.10. The fourth-order valence-electron chi connectivity index (χ4n) is 7.58. The van der Waals surface area contributed by atoms with Crippen LogP contribution in [0.3, 0.4) is 0 Å². The number of hydrogen-bond acceptors (Lipinski definition) is 5. The number of hydrogen-bond donors (Lipinski definition) is 0. The molecule has 0 radical (unpaired) electrons. The number of benzene rings is 8. The molecule has 0 atom stereocenters. The highest BCUT2D eigenvalue weighted by molar-refractivity contribution is 6.20. The van der Waals surface area contributed by atoms with Crippen molar-refractivity contribution in [1.82, 2.24) is 4.98 Å². The number of rotatable bonds is 4. The van der Waals surface area contributed by atoms with Crippen molar-refractivity contribution in [3.8, 4) is 11.5 Å². The first-order chi connectivity index (χ1) is 24.8. The third-order valence-electron chi connectivity index (χ3n) is 9.86. The van der Waals surface area contributed by atoms with E-state index in [1.807, 2.05) is 42.5 Å². The molecule has 0 saturated carbocycles. The summed E-state index contributed by atoms with van der Waals surface area (Å²) in [6, 6.07) is 54.5. The van der Waals surface area contributed by atoms with Crippen molar-refractivity contribution in [2.24, 2.45) is 0 Å². The van der Waals surface area contributed by atoms with Crippen LogP contribution in [-0.4, -0.2) is 4.98 Å². The maximum Gasteiger partial charge on any atom is 0.228 e. The van der Waals surface area contributed by atoms with Crippen LogP contribution >= 0.6 is 0 Å². The maximum atomic E-state index is 6.63. The van der Waals surface area contributed by atoms with Gasteiger partial charge in [0, 0.05) is 44.5 Å². The summed E-state index contributed by atoms with van der Waals surface area (Å²) in [4.78, 5) is 7.12. The second-order valence-electron chi connectivity index (χ2n) is 12.7. The fourth-order valence-corrected chi connectivity index (χ4v) is 7.58. The first-order valence-electron chi connectivity index (χ1n) is 16.7. The third kappa shape index (κ3) is 3.98. The standard InChI is InChI=1S/C45H26N2O3/c1-2-11-29-25-30(21-19-27(29)9-1)47(37-15-8-18-40-43(37)34-23-20-28-10-3-4-12-32(28)44(34)49-40)31-22-24-33-41(26-31)48-39-17-7-13-35(42(33)39)45-46-36-14-5-6-16-38(36)50-45/h1-26H. The highest BCUT2D eigenvalue weighted by atomic mass is 16.4. The Hall–Kier alpha value is -6.85. The molecule has 11 rings (SSSR count). The van der Waals surface area contributed by atoms with Gasteiger partial charge in [-0.15, -0.1) is 0 Å². The Morgan fingerprint density at radius 3 is 2.04 bits per heavy atom. The molecule has 234 valence electrons. The Morgan fingerprint density at radius 2 is 1.12 bits per heavy atom. The zero-order chi connectivity index (χ0) is 32.8. The molecule has 0 aliphatic carbocycles. The summed E-state index contributed by atoms with van der Waals surface area (Å²) in [6.45, 7) is 0. The number of nitrogens with zero attached hydrogens (tertiary/aromatic N) is 2. The first kappa shape index (κ1) is 27.1. The Balaban J connectivity index is 1.16. The van der Waals surface area contributed by atoms with E-state index in [0.29, 0.717) is 5.89 Å². The van der Waals surface area contributed by atoms with Gasteiger partial charge in [0.1, 0.15) is 27.8 Å². The summed E-state index contributed by atoms with van der Waals surface area (Å²) < 4.78 is 19.4. The minimum absolute atomic E-state index is 0.576. The van der Waals surface area contributed by atoms with Gasteiger partial charge in [0.2, 0.25) is 5.89 Å². The van der Waals surface area contributed by atoms with Crippen LogP contribution < -0.4 is 4.90 Å². The van der Waals surface area contributed by atoms with Crippen LogP contribution in [0.1, 0.15) is 0 Å². The number of para-hydroxylation sites is 2. The third-order valence-corrected chi connectivity index (χ3v) is 9.86. The van der Waals surface area contributed by atoms with Crippen LogP contribution in [0.2, 0.25) is 0 Å². The normalized spacial score (nSPS) is 12.0. The minimum Gasteiger partial charge on any atom is -0.456 e. The Labute approximate surface area is 285 Å². The van der Waals surface area contributed by atoms with E-state index in [4.69, 9.17) is 18.2 Å². The predicted octanol–water partition coefficient (Wildman–Crippen LogP) is 13.1. The van der Waals surface area contributed by atoms with Crippen molar-refractivity contribution in [1.29, 1.82) is 0 Å². The molecule has 3 aromatic heterocycles. The molecule has 11 aromatic rings. The van der Waals surface area contributed by atoms with Gasteiger partial charge in [0.15, 0.2) is 5.58 Å². The monoisotopic (exact) mass is 642 g/mol. The molecule has 0 spiro atoms. The second kappa shape index (κ2) is 10.3. The van der Waals surface area contributed by atoms with Gasteiger partial charge in [-0.05, 0) is 82.9 Å². The average molecular weight is 643 g/mol. The number of furan rings is 2. The van der Waals surface area contributed by atoms with E-state index in [9.17, 15) is 0 Å². The predicted molar refractivity (Wildman–Crippen MR) is 204 cm³/mol. The van der Waals surface area contributed by atoms with Crippen LogP contribution in [0, 0.1) is 0 Å². The van der Waals surface area contributed by atoms with Gasteiger partial charge >= 0.3 is 0 Å². The Kier molecular flexibility index (Phi) is 5.60. The summed E-state index contributed by atoms with van der Waals surface area (Å²) >= 11 is 0. The summed E-state index contributed by atoms with van der Waals surface area (Å²) in [5, 5.41) is 8.72. The number of anilines is 3. The van der Waals surface area contributed by atoms with Crippen LogP contribution in [0.5, 0.6) is 0 Å². The van der Waals surface area contributed by atoms with Gasteiger partial charge in [0.25, 0.3) is 0 Å². The van der Waals surface area contributed by atoms with Crippen molar-refractivity contribution >= 4 is 93.6 Å². The number of aromatic nitrogens is 1. The Morgan fingerprint density at radius 1 is 0.420 bits per heavy atom. The molecular weight excluding hydrogens is 617 g/mol. The molecule has 0 fully saturated rings. The van der Waals surface area contributed by atoms with Crippen molar-refractivity contribution < 1.29 is 13.3 Å². The molecule has 0 N–H and O–H groups in total. The highest BCUT2D eigenvalue weighted by Gasteiger charge is 2.23. The quantitative estimate of drug-likeness (QED) is 0.191. The first-order valence-corrected chi connectivity index (χ1v) is 16.7. The summed E-state index contributed by atoms with van der Waals surface area (Å²) in [6.07, 6.45) is 0. The zero-order valence-corrected chi connectivity index (χ0v) is 26.6. The van der Waals surface area contributed by atoms with E-state index in [1.165, 1.54) is 5.39 Å². The van der Waals surface area contributed by atoms with Gasteiger partial charge in [0.05, 0.1) is 11.1 Å². The molecule has 0 bridgehead atoms. The molecule has 0 aliphatic heterocycles. The van der Waals surface area contributed by atoms with E-state index >= 15 is 0 Å². The van der Waals surface area contributed by atoms with Crippen LogP contribution in [-0.2, 0) is 0 Å². The van der Waals surface area contributed by atoms with Crippen molar-refractivity contribution in [3.05, 3.63) is 158 Å². The van der Waals surface area contributed by atoms with Crippen molar-refractivity contribution in [3.63, 3.8) is 0 Å². The van der Waals surface area contributed by atoms with E-state index in [1.54, 1.807) is 0 Å². The second-order valence-corrected chi connectivity index (χ2v) is 12.7. The van der Waals surface area contributed by atoms with Crippen LogP contribution in [0.15, 0.2) is 171 Å². The van der Waals surface area contributed by atoms with Crippen molar-refractivity contribution in [2.75, 3.05) is 4.90 Å². The van der Waals surface area contributed by atoms with Gasteiger partial charge in [-0.3, -0.25) is 0 Å². The van der Waals surface area contributed by atoms with Gasteiger partial charge in [-0.2, -0.15) is 0 Å². The molecule has 0 saturated heterocycles. The lowest BCUT2D eigenvalue weighted by atomic mass is 10.0. The SMILES string of the molecule is c1ccc2cc(N(c3ccc4c(c3)oc3cccc(-c5nc6ccccc6o5)c34)c3cccc4oc5c6ccccc6ccc5c34)ccc2c1. The van der Waals surface area contributed by atoms with Gasteiger partial charge in [-0.25, -0.2) is 4.98 Å². The average Bonchev–Trinajstić information content (AvgIpc) is 3.88. The number of oxazole rings is 1. The molecule has 3 heterocycles. The maximum absolute atomic E-state index is 6.63. The van der Waals surface area contributed by atoms with Crippen LogP contribution in [0.4, 0.5) is 17.1 Å². The summed E-state index contributed by atoms with van der Waals surface area (Å²) in [5.74, 6) is 0.576. The molecule has 8 aromatic carbocycles. The molecule has 0 aliphatic rings. The van der Waals surface area contributed by atoms with Crippen LogP contribution in [0.25, 0.3) is 88.0 Å². The molecule has 5 heteroatoms. The van der Waals surface area contributed by atoms with Crippen molar-refractivity contribution in [2.45, 2.75) is 0 Å². The smallest absolute Gasteiger partial charge is 0.228 e. The van der Waals surface area contributed by atoms with Gasteiger partial charge in [-0.1, -0.05) is 84.9 Å². The molecule has 0 amide bonds. The van der Waals surface area contributed by atoms with Gasteiger partial charge < -0.3 is 18.2 Å². The lowest BCUT2D eigenvalue weighted by Gasteiger charge is -2.26. The lowest BCUT2D eigenvalue weighted by molar-refractivity contribution is 0.620. The fraction of sp³-hybridized carbons (Fsp3) is 0. The summed E-state index contributed by atoms with van der Waals surface area (Å²) in [5.41, 5.74) is 8.81. The molecular formula is C45H26N2O3. The van der Waals surface area contributed by atoms with E-state index in [-0.39, 0.29) is 0 Å². The zero-order valence-electron chi connectivity index (χ0n) is 26.6. The Bertz CT molecular complexity index is 3090.